The third-order valence-electron chi connectivity index (χ3n) is 3.91. The minimum Gasteiger partial charge on any atom is -0.369 e. The highest BCUT2D eigenvalue weighted by atomic mass is 35.5. The van der Waals surface area contributed by atoms with Gasteiger partial charge in [0, 0.05) is 41.8 Å². The van der Waals surface area contributed by atoms with Gasteiger partial charge in [-0.2, -0.15) is 0 Å². The molecule has 1 aliphatic rings. The number of hydrogen-bond acceptors (Lipinski definition) is 3. The number of carbonyl (C=O) groups is 1. The van der Waals surface area contributed by atoms with Crippen LogP contribution in [0.4, 0.5) is 5.69 Å². The molecule has 0 radical (unpaired) electrons. The predicted molar refractivity (Wildman–Crippen MR) is 83.0 cm³/mol. The molecule has 1 aromatic carbocycles. The molecule has 1 fully saturated rings. The summed E-state index contributed by atoms with van der Waals surface area (Å²) in [5.74, 6) is -0.117. The number of hydrogen-bond donors (Lipinski definition) is 2. The van der Waals surface area contributed by atoms with E-state index in [-0.39, 0.29) is 23.9 Å². The fourth-order valence-corrected chi connectivity index (χ4v) is 2.54. The second-order valence-electron chi connectivity index (χ2n) is 5.57. The lowest BCUT2D eigenvalue weighted by molar-refractivity contribution is -0.125. The summed E-state index contributed by atoms with van der Waals surface area (Å²) in [7, 11) is 0. The quantitative estimate of drug-likeness (QED) is 0.893. The molecule has 0 aromatic heterocycles. The third-order valence-corrected chi connectivity index (χ3v) is 4.15. The Morgan fingerprint density at radius 3 is 2.90 bits per heavy atom. The molecule has 0 bridgehead atoms. The van der Waals surface area contributed by atoms with Crippen LogP contribution in [0.3, 0.4) is 0 Å². The Labute approximate surface area is 125 Å². The van der Waals surface area contributed by atoms with E-state index < -0.39 is 0 Å². The largest absolute Gasteiger partial charge is 0.369 e. The fraction of sp³-hybridized carbons (Fsp3) is 0.533. The van der Waals surface area contributed by atoms with Gasteiger partial charge in [0.2, 0.25) is 5.91 Å². The van der Waals surface area contributed by atoms with E-state index in [9.17, 15) is 4.79 Å². The van der Waals surface area contributed by atoms with Crippen molar-refractivity contribution in [2.45, 2.75) is 32.4 Å². The minimum atomic E-state index is -0.157. The molecule has 0 saturated carbocycles. The van der Waals surface area contributed by atoms with Crippen molar-refractivity contribution in [1.29, 1.82) is 0 Å². The molecule has 1 amide bonds. The van der Waals surface area contributed by atoms with Gasteiger partial charge in [-0.25, -0.2) is 0 Å². The number of benzene rings is 1. The first kappa shape index (κ1) is 15.1. The number of carbonyl (C=O) groups excluding carboxylic acids is 1. The molecule has 1 saturated heterocycles. The predicted octanol–water partition coefficient (Wildman–Crippen LogP) is 2.02. The summed E-state index contributed by atoms with van der Waals surface area (Å²) in [6.45, 7) is 5.47. The summed E-state index contributed by atoms with van der Waals surface area (Å²) < 4.78 is 0. The van der Waals surface area contributed by atoms with Crippen LogP contribution in [0.1, 0.15) is 20.3 Å². The van der Waals surface area contributed by atoms with Gasteiger partial charge in [-0.15, -0.1) is 0 Å². The highest BCUT2D eigenvalue weighted by Crippen LogP contribution is 2.23. The van der Waals surface area contributed by atoms with Gasteiger partial charge in [0.15, 0.2) is 0 Å². The van der Waals surface area contributed by atoms with Crippen molar-refractivity contribution in [2.24, 2.45) is 11.7 Å². The van der Waals surface area contributed by atoms with Gasteiger partial charge < -0.3 is 16.0 Å². The van der Waals surface area contributed by atoms with Crippen LogP contribution in [0.25, 0.3) is 0 Å². The van der Waals surface area contributed by atoms with Gasteiger partial charge >= 0.3 is 0 Å². The first-order chi connectivity index (χ1) is 9.47. The molecule has 3 atom stereocenters. The van der Waals surface area contributed by atoms with Crippen LogP contribution < -0.4 is 16.0 Å². The van der Waals surface area contributed by atoms with Crippen molar-refractivity contribution in [3.63, 3.8) is 0 Å². The van der Waals surface area contributed by atoms with E-state index in [4.69, 9.17) is 17.3 Å². The summed E-state index contributed by atoms with van der Waals surface area (Å²) in [4.78, 5) is 14.3. The molecular weight excluding hydrogens is 274 g/mol. The molecule has 3 unspecified atom stereocenters. The molecule has 20 heavy (non-hydrogen) atoms. The zero-order chi connectivity index (χ0) is 14.7. The Hall–Kier alpha value is -1.26. The zero-order valence-corrected chi connectivity index (χ0v) is 12.7. The Kier molecular flexibility index (Phi) is 4.89. The molecule has 5 heteroatoms. The van der Waals surface area contributed by atoms with Crippen molar-refractivity contribution in [1.82, 2.24) is 5.32 Å². The Morgan fingerprint density at radius 2 is 2.25 bits per heavy atom. The molecule has 4 nitrogen and oxygen atoms in total. The van der Waals surface area contributed by atoms with E-state index in [0.29, 0.717) is 0 Å². The number of nitrogens with zero attached hydrogens (tertiary/aromatic N) is 1. The van der Waals surface area contributed by atoms with Crippen LogP contribution in [0, 0.1) is 5.92 Å². The van der Waals surface area contributed by atoms with Crippen molar-refractivity contribution >= 4 is 23.2 Å². The summed E-state index contributed by atoms with van der Waals surface area (Å²) in [6, 6.07) is 7.87. The van der Waals surface area contributed by atoms with E-state index in [1.807, 2.05) is 38.1 Å². The van der Waals surface area contributed by atoms with Crippen molar-refractivity contribution in [2.75, 3.05) is 18.0 Å². The summed E-state index contributed by atoms with van der Waals surface area (Å²) in [5, 5.41) is 3.82. The van der Waals surface area contributed by atoms with E-state index in [1.54, 1.807) is 0 Å². The number of halogens is 1. The first-order valence-electron chi connectivity index (χ1n) is 7.04. The zero-order valence-electron chi connectivity index (χ0n) is 12.0. The number of rotatable bonds is 4. The monoisotopic (exact) mass is 295 g/mol. The van der Waals surface area contributed by atoms with Gasteiger partial charge in [-0.05, 0) is 31.5 Å². The lowest BCUT2D eigenvalue weighted by Crippen LogP contribution is -2.44. The van der Waals surface area contributed by atoms with Crippen molar-refractivity contribution in [3.8, 4) is 0 Å². The van der Waals surface area contributed by atoms with Crippen LogP contribution >= 0.6 is 11.6 Å². The molecule has 110 valence electrons. The van der Waals surface area contributed by atoms with E-state index >= 15 is 0 Å². The fourth-order valence-electron chi connectivity index (χ4n) is 2.36. The third kappa shape index (κ3) is 3.64. The average Bonchev–Trinajstić information content (AvgIpc) is 2.86. The van der Waals surface area contributed by atoms with Gasteiger partial charge in [-0.1, -0.05) is 24.6 Å². The van der Waals surface area contributed by atoms with Crippen molar-refractivity contribution < 1.29 is 4.79 Å². The van der Waals surface area contributed by atoms with E-state index in [1.165, 1.54) is 0 Å². The molecule has 2 rings (SSSR count). The highest BCUT2D eigenvalue weighted by Gasteiger charge is 2.26. The second kappa shape index (κ2) is 6.46. The summed E-state index contributed by atoms with van der Waals surface area (Å²) >= 11 is 6.01. The molecule has 1 aromatic rings. The van der Waals surface area contributed by atoms with Gasteiger partial charge in [0.05, 0.1) is 0 Å². The minimum absolute atomic E-state index is 0.0398. The van der Waals surface area contributed by atoms with Crippen LogP contribution in [0.2, 0.25) is 5.02 Å². The van der Waals surface area contributed by atoms with Crippen LogP contribution in [0.15, 0.2) is 24.3 Å². The molecule has 1 aliphatic heterocycles. The van der Waals surface area contributed by atoms with E-state index in [2.05, 4.69) is 10.2 Å². The smallest absolute Gasteiger partial charge is 0.224 e. The first-order valence-corrected chi connectivity index (χ1v) is 7.41. The lowest BCUT2D eigenvalue weighted by atomic mass is 10.0. The molecule has 0 spiro atoms. The Morgan fingerprint density at radius 1 is 1.50 bits per heavy atom. The topological polar surface area (TPSA) is 58.4 Å². The number of anilines is 1. The number of nitrogens with two attached hydrogens (primary N) is 1. The Bertz CT molecular complexity index is 478. The maximum absolute atomic E-state index is 12.0. The van der Waals surface area contributed by atoms with Crippen LogP contribution in [0.5, 0.6) is 0 Å². The van der Waals surface area contributed by atoms with Gasteiger partial charge in [-0.3, -0.25) is 4.79 Å². The molecule has 3 N–H and O–H groups in total. The lowest BCUT2D eigenvalue weighted by Gasteiger charge is -2.21. The maximum atomic E-state index is 12.0. The maximum Gasteiger partial charge on any atom is 0.224 e. The van der Waals surface area contributed by atoms with Crippen LogP contribution in [-0.2, 0) is 4.79 Å². The van der Waals surface area contributed by atoms with Crippen LogP contribution in [-0.4, -0.2) is 31.1 Å². The Balaban J connectivity index is 1.91. The van der Waals surface area contributed by atoms with E-state index in [0.717, 1.165) is 30.2 Å². The SMILES string of the molecule is CC(N)C(C)C(=O)NC1CCN(c2cccc(Cl)c2)C1. The number of nitrogens with one attached hydrogen (secondary N) is 1. The molecule has 0 aliphatic carbocycles. The summed E-state index contributed by atoms with van der Waals surface area (Å²) in [6.07, 6.45) is 0.948. The van der Waals surface area contributed by atoms with Gasteiger partial charge in [0.25, 0.3) is 0 Å². The van der Waals surface area contributed by atoms with Gasteiger partial charge in [0.1, 0.15) is 0 Å². The number of amides is 1. The second-order valence-corrected chi connectivity index (χ2v) is 6.00. The standard InChI is InChI=1S/C15H22ClN3O/c1-10(11(2)17)15(20)18-13-6-7-19(9-13)14-5-3-4-12(16)8-14/h3-5,8,10-11,13H,6-7,9,17H2,1-2H3,(H,18,20). The highest BCUT2D eigenvalue weighted by molar-refractivity contribution is 6.30. The summed E-state index contributed by atoms with van der Waals surface area (Å²) in [5.41, 5.74) is 6.87. The average molecular weight is 296 g/mol. The normalized spacial score (nSPS) is 21.6. The van der Waals surface area contributed by atoms with Crippen molar-refractivity contribution in [3.05, 3.63) is 29.3 Å². The molecular formula is C15H22ClN3O. The molecule has 1 heterocycles.